The molecule has 0 bridgehead atoms. The lowest BCUT2D eigenvalue weighted by Gasteiger charge is -2.42. The normalized spacial score (nSPS) is 29.4. The van der Waals surface area contributed by atoms with Crippen LogP contribution in [-0.2, 0) is 6.54 Å². The summed E-state index contributed by atoms with van der Waals surface area (Å²) >= 11 is 0. The van der Waals surface area contributed by atoms with Crippen LogP contribution in [0.15, 0.2) is 18.2 Å². The molecule has 2 fully saturated rings. The molecule has 0 amide bonds. The minimum absolute atomic E-state index is 0.631. The van der Waals surface area contributed by atoms with Crippen LogP contribution in [0.2, 0.25) is 0 Å². The number of ether oxygens (including phenoxy) is 1. The lowest BCUT2D eigenvalue weighted by molar-refractivity contribution is 0.0534. The number of benzene rings is 1. The highest BCUT2D eigenvalue weighted by Crippen LogP contribution is 2.33. The molecule has 1 aromatic rings. The molecule has 0 aliphatic carbocycles. The Morgan fingerprint density at radius 3 is 3.24 bits per heavy atom. The van der Waals surface area contributed by atoms with Crippen LogP contribution in [0.4, 0.5) is 5.69 Å². The molecule has 0 spiro atoms. The molecule has 1 N–H and O–H groups in total. The smallest absolute Gasteiger partial charge is 0.146 e. The second-order valence-electron chi connectivity index (χ2n) is 6.64. The Bertz CT molecular complexity index is 519. The first kappa shape index (κ1) is 13.4. The third-order valence-electron chi connectivity index (χ3n) is 5.20. The second-order valence-corrected chi connectivity index (χ2v) is 6.64. The van der Waals surface area contributed by atoms with Crippen molar-refractivity contribution in [2.24, 2.45) is 0 Å². The minimum Gasteiger partial charge on any atom is -0.489 e. The first-order chi connectivity index (χ1) is 10.3. The summed E-state index contributed by atoms with van der Waals surface area (Å²) in [6.45, 7) is 8.79. The number of hydrogen-bond donors (Lipinski definition) is 1. The average Bonchev–Trinajstić information content (AvgIpc) is 2.95. The fourth-order valence-electron chi connectivity index (χ4n) is 4.04. The minimum atomic E-state index is 0.631. The van der Waals surface area contributed by atoms with Gasteiger partial charge in [0.05, 0.1) is 5.69 Å². The Morgan fingerprint density at radius 2 is 2.29 bits per heavy atom. The largest absolute Gasteiger partial charge is 0.489 e. The van der Waals surface area contributed by atoms with Crippen LogP contribution in [0.5, 0.6) is 5.75 Å². The van der Waals surface area contributed by atoms with E-state index < -0.39 is 0 Å². The summed E-state index contributed by atoms with van der Waals surface area (Å²) in [6, 6.07) is 7.90. The number of piperazine rings is 1. The molecule has 21 heavy (non-hydrogen) atoms. The van der Waals surface area contributed by atoms with Crippen LogP contribution < -0.4 is 10.1 Å². The number of para-hydroxylation sites is 1. The lowest BCUT2D eigenvalue weighted by atomic mass is 10.1. The lowest BCUT2D eigenvalue weighted by Crippen LogP contribution is -2.54. The highest BCUT2D eigenvalue weighted by Gasteiger charge is 2.34. The Kier molecular flexibility index (Phi) is 3.51. The van der Waals surface area contributed by atoms with Gasteiger partial charge in [-0.15, -0.1) is 0 Å². The SMILES string of the molecule is CC1CN2CCCC2CN1Cc1cccc2c1OCCN2. The van der Waals surface area contributed by atoms with E-state index in [4.69, 9.17) is 4.74 Å². The Morgan fingerprint density at radius 1 is 1.33 bits per heavy atom. The molecule has 3 aliphatic rings. The predicted octanol–water partition coefficient (Wildman–Crippen LogP) is 2.16. The van der Waals surface area contributed by atoms with Gasteiger partial charge in [-0.2, -0.15) is 0 Å². The van der Waals surface area contributed by atoms with Crippen molar-refractivity contribution >= 4 is 5.69 Å². The number of rotatable bonds is 2. The third-order valence-corrected chi connectivity index (χ3v) is 5.20. The summed E-state index contributed by atoms with van der Waals surface area (Å²) in [5, 5.41) is 3.44. The van der Waals surface area contributed by atoms with Gasteiger partial charge in [0.25, 0.3) is 0 Å². The van der Waals surface area contributed by atoms with E-state index in [1.165, 1.54) is 38.0 Å². The fraction of sp³-hybridized carbons (Fsp3) is 0.647. The fourth-order valence-corrected chi connectivity index (χ4v) is 4.04. The van der Waals surface area contributed by atoms with Gasteiger partial charge in [0.15, 0.2) is 0 Å². The Hall–Kier alpha value is -1.26. The number of nitrogens with one attached hydrogen (secondary N) is 1. The van der Waals surface area contributed by atoms with Crippen LogP contribution >= 0.6 is 0 Å². The highest BCUT2D eigenvalue weighted by atomic mass is 16.5. The van der Waals surface area contributed by atoms with Gasteiger partial charge >= 0.3 is 0 Å². The van der Waals surface area contributed by atoms with Crippen molar-refractivity contribution in [2.45, 2.75) is 38.4 Å². The van der Waals surface area contributed by atoms with Gasteiger partial charge in [-0.3, -0.25) is 9.80 Å². The molecule has 0 saturated carbocycles. The summed E-state index contributed by atoms with van der Waals surface area (Å²) in [5.41, 5.74) is 2.49. The zero-order valence-corrected chi connectivity index (χ0v) is 12.8. The van der Waals surface area contributed by atoms with Gasteiger partial charge in [-0.05, 0) is 32.4 Å². The first-order valence-corrected chi connectivity index (χ1v) is 8.28. The quantitative estimate of drug-likeness (QED) is 0.902. The van der Waals surface area contributed by atoms with Gasteiger partial charge in [0.2, 0.25) is 0 Å². The van der Waals surface area contributed by atoms with Crippen molar-refractivity contribution in [3.8, 4) is 5.75 Å². The van der Waals surface area contributed by atoms with Gasteiger partial charge in [0, 0.05) is 43.8 Å². The monoisotopic (exact) mass is 287 g/mol. The van der Waals surface area contributed by atoms with E-state index in [1.807, 2.05) is 0 Å². The average molecular weight is 287 g/mol. The van der Waals surface area contributed by atoms with E-state index in [2.05, 4.69) is 40.2 Å². The van der Waals surface area contributed by atoms with Crippen molar-refractivity contribution in [1.29, 1.82) is 0 Å². The van der Waals surface area contributed by atoms with Crippen molar-refractivity contribution in [1.82, 2.24) is 9.80 Å². The highest BCUT2D eigenvalue weighted by molar-refractivity contribution is 5.61. The van der Waals surface area contributed by atoms with Gasteiger partial charge in [-0.25, -0.2) is 0 Å². The molecule has 114 valence electrons. The summed E-state index contributed by atoms with van der Waals surface area (Å²) in [7, 11) is 0. The molecule has 2 atom stereocenters. The molecule has 0 radical (unpaired) electrons. The summed E-state index contributed by atoms with van der Waals surface area (Å²) in [5.74, 6) is 1.07. The van der Waals surface area contributed by atoms with E-state index in [1.54, 1.807) is 0 Å². The molecule has 4 heteroatoms. The van der Waals surface area contributed by atoms with Gasteiger partial charge in [-0.1, -0.05) is 12.1 Å². The number of fused-ring (bicyclic) bond motifs is 2. The molecule has 3 aliphatic heterocycles. The third kappa shape index (κ3) is 2.51. The first-order valence-electron chi connectivity index (χ1n) is 8.28. The van der Waals surface area contributed by atoms with E-state index in [0.29, 0.717) is 6.04 Å². The van der Waals surface area contributed by atoms with Gasteiger partial charge in [0.1, 0.15) is 12.4 Å². The van der Waals surface area contributed by atoms with Crippen LogP contribution in [0.1, 0.15) is 25.3 Å². The van der Waals surface area contributed by atoms with E-state index in [0.717, 1.165) is 37.2 Å². The molecule has 4 nitrogen and oxygen atoms in total. The van der Waals surface area contributed by atoms with Gasteiger partial charge < -0.3 is 10.1 Å². The van der Waals surface area contributed by atoms with Crippen molar-refractivity contribution in [2.75, 3.05) is 38.1 Å². The van der Waals surface area contributed by atoms with E-state index >= 15 is 0 Å². The van der Waals surface area contributed by atoms with Crippen LogP contribution in [0, 0.1) is 0 Å². The van der Waals surface area contributed by atoms with Crippen molar-refractivity contribution < 1.29 is 4.74 Å². The molecule has 0 aromatic heterocycles. The van der Waals surface area contributed by atoms with Crippen LogP contribution in [0.25, 0.3) is 0 Å². The zero-order valence-electron chi connectivity index (χ0n) is 12.8. The summed E-state index contributed by atoms with van der Waals surface area (Å²) in [6.07, 6.45) is 2.74. The second kappa shape index (κ2) is 5.50. The molecule has 4 rings (SSSR count). The molecule has 2 saturated heterocycles. The Balaban J connectivity index is 1.53. The van der Waals surface area contributed by atoms with E-state index in [9.17, 15) is 0 Å². The maximum Gasteiger partial charge on any atom is 0.146 e. The van der Waals surface area contributed by atoms with Crippen LogP contribution in [0.3, 0.4) is 0 Å². The van der Waals surface area contributed by atoms with Crippen LogP contribution in [-0.4, -0.2) is 54.7 Å². The maximum absolute atomic E-state index is 5.92. The maximum atomic E-state index is 5.92. The number of hydrogen-bond acceptors (Lipinski definition) is 4. The zero-order chi connectivity index (χ0) is 14.2. The standard InChI is InChI=1S/C17H25N3O/c1-13-10-19-8-3-5-15(19)12-20(13)11-14-4-2-6-16-17(14)21-9-7-18-16/h2,4,6,13,15,18H,3,5,7-12H2,1H3. The Labute approximate surface area is 127 Å². The molecule has 3 heterocycles. The predicted molar refractivity (Wildman–Crippen MR) is 84.9 cm³/mol. The van der Waals surface area contributed by atoms with E-state index in [-0.39, 0.29) is 0 Å². The molecular weight excluding hydrogens is 262 g/mol. The molecular formula is C17H25N3O. The van der Waals surface area contributed by atoms with Crippen molar-refractivity contribution in [3.63, 3.8) is 0 Å². The number of anilines is 1. The molecule has 1 aromatic carbocycles. The van der Waals surface area contributed by atoms with Crippen molar-refractivity contribution in [3.05, 3.63) is 23.8 Å². The molecule has 2 unspecified atom stereocenters. The topological polar surface area (TPSA) is 27.7 Å². The summed E-state index contributed by atoms with van der Waals surface area (Å²) in [4.78, 5) is 5.32. The number of nitrogens with zero attached hydrogens (tertiary/aromatic N) is 2. The summed E-state index contributed by atoms with van der Waals surface area (Å²) < 4.78 is 5.92.